The van der Waals surface area contributed by atoms with Crippen LogP contribution in [0.3, 0.4) is 0 Å². The minimum absolute atomic E-state index is 0.0857. The summed E-state index contributed by atoms with van der Waals surface area (Å²) in [7, 11) is 0. The average molecular weight is 430 g/mol. The highest BCUT2D eigenvalue weighted by molar-refractivity contribution is 5.99. The van der Waals surface area contributed by atoms with Gasteiger partial charge in [-0.3, -0.25) is 10.2 Å². The predicted octanol–water partition coefficient (Wildman–Crippen LogP) is 3.18. The van der Waals surface area contributed by atoms with Crippen LogP contribution in [0, 0.1) is 22.5 Å². The van der Waals surface area contributed by atoms with Crippen molar-refractivity contribution in [1.29, 1.82) is 10.8 Å². The van der Waals surface area contributed by atoms with Crippen LogP contribution in [-0.4, -0.2) is 59.0 Å². The predicted molar refractivity (Wildman–Crippen MR) is 115 cm³/mol. The smallest absolute Gasteiger partial charge is 0.223 e. The zero-order valence-corrected chi connectivity index (χ0v) is 17.8. The van der Waals surface area contributed by atoms with Crippen molar-refractivity contribution >= 4 is 17.5 Å². The number of benzene rings is 1. The first-order valence-corrected chi connectivity index (χ1v) is 10.9. The summed E-state index contributed by atoms with van der Waals surface area (Å²) >= 11 is 0. The van der Waals surface area contributed by atoms with Crippen LogP contribution in [0.5, 0.6) is 0 Å². The van der Waals surface area contributed by atoms with Gasteiger partial charge in [0.25, 0.3) is 0 Å². The van der Waals surface area contributed by atoms with Gasteiger partial charge in [-0.1, -0.05) is 6.07 Å². The van der Waals surface area contributed by atoms with E-state index in [4.69, 9.17) is 10.8 Å². The largest absolute Gasteiger partial charge is 0.348 e. The lowest BCUT2D eigenvalue weighted by Gasteiger charge is -2.42. The highest BCUT2D eigenvalue weighted by Crippen LogP contribution is 2.45. The molecule has 1 amide bonds. The molecule has 2 unspecified atom stereocenters. The van der Waals surface area contributed by atoms with Gasteiger partial charge < -0.3 is 20.5 Å². The molecule has 2 atom stereocenters. The standard InChI is InChI=1S/C23H29F2N5O/c1-15(26)2-7-21(27)30-17-4-5-18(30)14-29(13-17)22(31)8-11-28-23(9-10-23)16-3-6-19(24)20(25)12-16/h2-3,6-7,12,17-18,26-28H,4-5,8-11,13-14H2,1H3/b7-2-,26-15?,27-21?. The Morgan fingerprint density at radius 1 is 1.16 bits per heavy atom. The zero-order valence-electron chi connectivity index (χ0n) is 17.8. The number of allylic oxidation sites excluding steroid dienone is 1. The van der Waals surface area contributed by atoms with Crippen molar-refractivity contribution in [2.45, 2.75) is 56.7 Å². The van der Waals surface area contributed by atoms with Crippen molar-refractivity contribution in [3.8, 4) is 0 Å². The molecule has 3 aliphatic rings. The summed E-state index contributed by atoms with van der Waals surface area (Å²) in [6, 6.07) is 4.31. The monoisotopic (exact) mass is 429 g/mol. The molecule has 3 fully saturated rings. The van der Waals surface area contributed by atoms with Gasteiger partial charge in [-0.25, -0.2) is 8.78 Å². The SMILES string of the molecule is CC(=N)/C=C\C(=N)N1C2CCC1CN(C(=O)CCNC1(c3ccc(F)c(F)c3)CC1)C2. The van der Waals surface area contributed by atoms with Crippen molar-refractivity contribution < 1.29 is 13.6 Å². The van der Waals surface area contributed by atoms with Crippen LogP contribution in [0.2, 0.25) is 0 Å². The van der Waals surface area contributed by atoms with Crippen LogP contribution in [-0.2, 0) is 10.3 Å². The lowest BCUT2D eigenvalue weighted by Crippen LogP contribution is -2.57. The normalized spacial score (nSPS) is 24.0. The van der Waals surface area contributed by atoms with E-state index in [9.17, 15) is 13.6 Å². The van der Waals surface area contributed by atoms with Crippen molar-refractivity contribution in [3.63, 3.8) is 0 Å². The fourth-order valence-corrected chi connectivity index (χ4v) is 4.84. The fraction of sp³-hybridized carbons (Fsp3) is 0.522. The molecule has 0 radical (unpaired) electrons. The highest BCUT2D eigenvalue weighted by Gasteiger charge is 2.45. The minimum Gasteiger partial charge on any atom is -0.348 e. The molecule has 1 aromatic carbocycles. The number of rotatable bonds is 7. The second-order valence-electron chi connectivity index (χ2n) is 8.88. The van der Waals surface area contributed by atoms with E-state index >= 15 is 0 Å². The van der Waals surface area contributed by atoms with Crippen LogP contribution < -0.4 is 5.32 Å². The van der Waals surface area contributed by atoms with E-state index in [2.05, 4.69) is 10.2 Å². The van der Waals surface area contributed by atoms with Crippen LogP contribution in [0.15, 0.2) is 30.4 Å². The number of hydrogen-bond donors (Lipinski definition) is 3. The quantitative estimate of drug-likeness (QED) is 0.460. The summed E-state index contributed by atoms with van der Waals surface area (Å²) in [5, 5.41) is 19.2. The van der Waals surface area contributed by atoms with Crippen LogP contribution in [0.4, 0.5) is 8.78 Å². The van der Waals surface area contributed by atoms with Crippen LogP contribution in [0.1, 0.15) is 44.6 Å². The van der Waals surface area contributed by atoms with Gasteiger partial charge in [0, 0.05) is 49.4 Å². The van der Waals surface area contributed by atoms with E-state index in [-0.39, 0.29) is 23.5 Å². The van der Waals surface area contributed by atoms with Gasteiger partial charge in [-0.05, 0) is 62.5 Å². The third-order valence-electron chi connectivity index (χ3n) is 6.63. The number of nitrogens with zero attached hydrogens (tertiary/aromatic N) is 2. The second kappa shape index (κ2) is 8.49. The Hall–Kier alpha value is -2.61. The van der Waals surface area contributed by atoms with E-state index in [0.717, 1.165) is 37.3 Å². The van der Waals surface area contributed by atoms with E-state index < -0.39 is 11.6 Å². The van der Waals surface area contributed by atoms with E-state index in [0.29, 0.717) is 37.6 Å². The number of fused-ring (bicyclic) bond motifs is 2. The van der Waals surface area contributed by atoms with Gasteiger partial charge in [-0.2, -0.15) is 0 Å². The first kappa shape index (κ1) is 21.6. The Labute approximate surface area is 181 Å². The summed E-state index contributed by atoms with van der Waals surface area (Å²) in [5.74, 6) is -1.19. The van der Waals surface area contributed by atoms with Gasteiger partial charge in [0.05, 0.1) is 0 Å². The summed E-state index contributed by atoms with van der Waals surface area (Å²) in [5.41, 5.74) is 0.800. The number of amides is 1. The summed E-state index contributed by atoms with van der Waals surface area (Å²) < 4.78 is 26.8. The van der Waals surface area contributed by atoms with Crippen LogP contribution >= 0.6 is 0 Å². The molecule has 1 saturated carbocycles. The highest BCUT2D eigenvalue weighted by atomic mass is 19.2. The molecule has 2 heterocycles. The third kappa shape index (κ3) is 4.54. The van der Waals surface area contributed by atoms with E-state index in [1.54, 1.807) is 25.1 Å². The van der Waals surface area contributed by atoms with Crippen molar-refractivity contribution in [2.24, 2.45) is 0 Å². The number of piperazine rings is 1. The van der Waals surface area contributed by atoms with Gasteiger partial charge in [0.2, 0.25) is 5.91 Å². The number of likely N-dealkylation sites (tertiary alicyclic amines) is 1. The summed E-state index contributed by atoms with van der Waals surface area (Å²) in [6.07, 6.45) is 7.28. The van der Waals surface area contributed by atoms with E-state index in [1.807, 2.05) is 4.90 Å². The molecule has 0 spiro atoms. The first-order valence-electron chi connectivity index (χ1n) is 10.9. The number of carbonyl (C=O) groups excluding carboxylic acids is 1. The Bertz CT molecular complexity index is 913. The van der Waals surface area contributed by atoms with Gasteiger partial charge >= 0.3 is 0 Å². The molecule has 1 aromatic rings. The molecular formula is C23H29F2N5O. The number of halogens is 2. The number of carbonyl (C=O) groups is 1. The molecule has 166 valence electrons. The molecule has 3 N–H and O–H groups in total. The summed E-state index contributed by atoms with van der Waals surface area (Å²) in [6.45, 7) is 3.40. The fourth-order valence-electron chi connectivity index (χ4n) is 4.84. The van der Waals surface area contributed by atoms with Crippen molar-refractivity contribution in [2.75, 3.05) is 19.6 Å². The van der Waals surface area contributed by atoms with Gasteiger partial charge in [-0.15, -0.1) is 0 Å². The average Bonchev–Trinajstić information content (AvgIpc) is 3.47. The molecule has 2 aliphatic heterocycles. The lowest BCUT2D eigenvalue weighted by molar-refractivity contribution is -0.133. The Morgan fingerprint density at radius 2 is 1.84 bits per heavy atom. The second-order valence-corrected chi connectivity index (χ2v) is 8.88. The third-order valence-corrected chi connectivity index (χ3v) is 6.63. The number of hydrogen-bond acceptors (Lipinski definition) is 4. The lowest BCUT2D eigenvalue weighted by atomic mass is 10.0. The molecule has 2 bridgehead atoms. The topological polar surface area (TPSA) is 83.3 Å². The summed E-state index contributed by atoms with van der Waals surface area (Å²) in [4.78, 5) is 16.8. The van der Waals surface area contributed by atoms with Crippen molar-refractivity contribution in [3.05, 3.63) is 47.5 Å². The maximum Gasteiger partial charge on any atom is 0.223 e. The van der Waals surface area contributed by atoms with E-state index in [1.165, 1.54) is 6.07 Å². The molecular weight excluding hydrogens is 400 g/mol. The molecule has 6 nitrogen and oxygen atoms in total. The van der Waals surface area contributed by atoms with Crippen LogP contribution in [0.25, 0.3) is 0 Å². The minimum atomic E-state index is -0.847. The Balaban J connectivity index is 1.29. The number of nitrogens with one attached hydrogen (secondary N) is 3. The first-order chi connectivity index (χ1) is 14.8. The van der Waals surface area contributed by atoms with Gasteiger partial charge in [0.15, 0.2) is 11.6 Å². The molecule has 2 saturated heterocycles. The number of amidine groups is 1. The molecule has 1 aliphatic carbocycles. The molecule has 0 aromatic heterocycles. The molecule has 8 heteroatoms. The van der Waals surface area contributed by atoms with Gasteiger partial charge in [0.1, 0.15) is 5.84 Å². The maximum atomic E-state index is 13.6. The molecule has 31 heavy (non-hydrogen) atoms. The van der Waals surface area contributed by atoms with Crippen molar-refractivity contribution in [1.82, 2.24) is 15.1 Å². The maximum absolute atomic E-state index is 13.6. The molecule has 4 rings (SSSR count). The Morgan fingerprint density at radius 3 is 2.42 bits per heavy atom. The Kier molecular flexibility index (Phi) is 5.92. The zero-order chi connectivity index (χ0) is 22.2.